The predicted octanol–water partition coefficient (Wildman–Crippen LogP) is 9.94. The Morgan fingerprint density at radius 3 is 1.79 bits per heavy atom. The van der Waals surface area contributed by atoms with Gasteiger partial charge in [-0.15, -0.1) is 0 Å². The van der Waals surface area contributed by atoms with Crippen LogP contribution < -0.4 is 9.47 Å². The van der Waals surface area contributed by atoms with Crippen LogP contribution in [0.3, 0.4) is 0 Å². The van der Waals surface area contributed by atoms with Gasteiger partial charge in [0.1, 0.15) is 11.5 Å². The van der Waals surface area contributed by atoms with Crippen molar-refractivity contribution in [2.75, 3.05) is 13.2 Å². The average Bonchev–Trinajstić information content (AvgIpc) is 2.83. The molecule has 0 aliphatic heterocycles. The second-order valence-electron chi connectivity index (χ2n) is 8.80. The first-order valence-corrected chi connectivity index (χ1v) is 14.1. The van der Waals surface area contributed by atoms with E-state index in [2.05, 4.69) is 85.0 Å². The van der Waals surface area contributed by atoms with E-state index in [1.165, 1.54) is 69.8 Å². The van der Waals surface area contributed by atoms with Crippen LogP contribution in [0.4, 0.5) is 0 Å². The first-order chi connectivity index (χ1) is 16.2. The lowest BCUT2D eigenvalue weighted by Gasteiger charge is -2.14. The van der Waals surface area contributed by atoms with Crippen LogP contribution in [0.5, 0.6) is 11.5 Å². The van der Waals surface area contributed by atoms with Gasteiger partial charge in [0.25, 0.3) is 0 Å². The van der Waals surface area contributed by atoms with Gasteiger partial charge in [0.15, 0.2) is 0 Å². The molecular weight excluding hydrogens is 519 g/mol. The maximum absolute atomic E-state index is 6.24. The molecule has 2 rings (SSSR count). The lowest BCUT2D eigenvalue weighted by molar-refractivity contribution is 0.294. The van der Waals surface area contributed by atoms with Crippen LogP contribution in [-0.4, -0.2) is 13.2 Å². The van der Waals surface area contributed by atoms with E-state index in [1.807, 2.05) is 6.07 Å². The molecular formula is C30H43IO2. The number of halogens is 1. The molecule has 0 heterocycles. The Hall–Kier alpha value is -1.49. The van der Waals surface area contributed by atoms with Gasteiger partial charge in [-0.3, -0.25) is 0 Å². The Morgan fingerprint density at radius 2 is 1.18 bits per heavy atom. The second kappa shape index (κ2) is 17.9. The zero-order chi connectivity index (χ0) is 23.6. The van der Waals surface area contributed by atoms with E-state index in [1.54, 1.807) is 0 Å². The molecule has 0 aromatic heterocycles. The average molecular weight is 563 g/mol. The molecule has 33 heavy (non-hydrogen) atoms. The number of unbranched alkanes of at least 4 members (excludes halogenated alkanes) is 10. The fraction of sp³-hybridized carbons (Fsp3) is 0.533. The summed E-state index contributed by atoms with van der Waals surface area (Å²) >= 11 is 2.38. The number of hydrogen-bond donors (Lipinski definition) is 0. The molecule has 0 saturated heterocycles. The van der Waals surface area contributed by atoms with Crippen molar-refractivity contribution in [3.63, 3.8) is 0 Å². The third-order valence-electron chi connectivity index (χ3n) is 5.83. The minimum absolute atomic E-state index is 0.770. The van der Waals surface area contributed by atoms with Gasteiger partial charge < -0.3 is 9.47 Å². The third-order valence-corrected chi connectivity index (χ3v) is 6.67. The first kappa shape index (κ1) is 27.8. The molecule has 0 unspecified atom stereocenters. The van der Waals surface area contributed by atoms with E-state index in [0.29, 0.717) is 0 Å². The van der Waals surface area contributed by atoms with E-state index < -0.39 is 0 Å². The van der Waals surface area contributed by atoms with E-state index in [9.17, 15) is 0 Å². The fourth-order valence-electron chi connectivity index (χ4n) is 3.80. The third kappa shape index (κ3) is 12.0. The number of ether oxygens (including phenoxy) is 2. The van der Waals surface area contributed by atoms with Gasteiger partial charge in [0.05, 0.1) is 16.8 Å². The second-order valence-corrected chi connectivity index (χ2v) is 9.96. The molecule has 3 heteroatoms. The summed E-state index contributed by atoms with van der Waals surface area (Å²) in [6, 6.07) is 14.7. The fourth-order valence-corrected chi connectivity index (χ4v) is 4.39. The highest BCUT2D eigenvalue weighted by molar-refractivity contribution is 14.1. The summed E-state index contributed by atoms with van der Waals surface area (Å²) in [5, 5.41) is 0. The van der Waals surface area contributed by atoms with Gasteiger partial charge in [0.2, 0.25) is 0 Å². The molecule has 0 fully saturated rings. The molecule has 0 radical (unpaired) electrons. The quantitative estimate of drug-likeness (QED) is 0.102. The Bertz CT molecular complexity index is 785. The van der Waals surface area contributed by atoms with E-state index in [4.69, 9.17) is 9.47 Å². The van der Waals surface area contributed by atoms with Crippen molar-refractivity contribution >= 4 is 34.7 Å². The number of hydrogen-bond acceptors (Lipinski definition) is 2. The van der Waals surface area contributed by atoms with Crippen molar-refractivity contribution in [3.8, 4) is 11.5 Å². The summed E-state index contributed by atoms with van der Waals surface area (Å²) in [6.45, 7) is 6.07. The van der Waals surface area contributed by atoms with Crippen LogP contribution in [0.2, 0.25) is 0 Å². The summed E-state index contributed by atoms with van der Waals surface area (Å²) < 4.78 is 13.5. The van der Waals surface area contributed by atoms with Crippen LogP contribution >= 0.6 is 22.6 Å². The molecule has 0 saturated carbocycles. The SMILES string of the molecule is CCCCCCCCOc1cc(/C=C/c2ccccc2)c(OCCCCCCCC)cc1I. The van der Waals surface area contributed by atoms with E-state index in [0.717, 1.165) is 46.7 Å². The summed E-state index contributed by atoms with van der Waals surface area (Å²) in [6.07, 6.45) is 19.6. The topological polar surface area (TPSA) is 18.5 Å². The molecule has 0 amide bonds. The Balaban J connectivity index is 1.97. The summed E-state index contributed by atoms with van der Waals surface area (Å²) in [4.78, 5) is 0. The maximum Gasteiger partial charge on any atom is 0.133 e. The molecule has 0 aliphatic rings. The minimum atomic E-state index is 0.770. The number of rotatable bonds is 18. The van der Waals surface area contributed by atoms with Crippen molar-refractivity contribution in [1.82, 2.24) is 0 Å². The molecule has 0 atom stereocenters. The highest BCUT2D eigenvalue weighted by Gasteiger charge is 2.10. The van der Waals surface area contributed by atoms with Crippen LogP contribution in [0.25, 0.3) is 12.2 Å². The molecule has 2 nitrogen and oxygen atoms in total. The molecule has 0 aliphatic carbocycles. The van der Waals surface area contributed by atoms with Gasteiger partial charge in [-0.25, -0.2) is 0 Å². The van der Waals surface area contributed by atoms with Crippen LogP contribution in [0.15, 0.2) is 42.5 Å². The molecule has 182 valence electrons. The smallest absolute Gasteiger partial charge is 0.133 e. The predicted molar refractivity (Wildman–Crippen MR) is 152 cm³/mol. The van der Waals surface area contributed by atoms with Gasteiger partial charge in [-0.05, 0) is 53.1 Å². The summed E-state index contributed by atoms with van der Waals surface area (Å²) in [5.41, 5.74) is 2.27. The van der Waals surface area contributed by atoms with Crippen LogP contribution in [0, 0.1) is 3.57 Å². The van der Waals surface area contributed by atoms with Gasteiger partial charge in [0, 0.05) is 5.56 Å². The first-order valence-electron chi connectivity index (χ1n) is 13.1. The van der Waals surface area contributed by atoms with Crippen molar-refractivity contribution in [2.45, 2.75) is 90.9 Å². The largest absolute Gasteiger partial charge is 0.493 e. The summed E-state index contributed by atoms with van der Waals surface area (Å²) in [5.74, 6) is 1.91. The van der Waals surface area contributed by atoms with Gasteiger partial charge in [-0.2, -0.15) is 0 Å². The molecule has 2 aromatic carbocycles. The minimum Gasteiger partial charge on any atom is -0.493 e. The van der Waals surface area contributed by atoms with Crippen molar-refractivity contribution in [1.29, 1.82) is 0 Å². The normalized spacial score (nSPS) is 11.2. The Kier molecular flexibility index (Phi) is 15.1. The highest BCUT2D eigenvalue weighted by Crippen LogP contribution is 2.32. The van der Waals surface area contributed by atoms with Crippen LogP contribution in [0.1, 0.15) is 102 Å². The van der Waals surface area contributed by atoms with E-state index in [-0.39, 0.29) is 0 Å². The van der Waals surface area contributed by atoms with Gasteiger partial charge in [-0.1, -0.05) is 121 Å². The van der Waals surface area contributed by atoms with Crippen molar-refractivity contribution < 1.29 is 9.47 Å². The zero-order valence-electron chi connectivity index (χ0n) is 20.8. The summed E-state index contributed by atoms with van der Waals surface area (Å²) in [7, 11) is 0. The van der Waals surface area contributed by atoms with Crippen LogP contribution in [-0.2, 0) is 0 Å². The lowest BCUT2D eigenvalue weighted by atomic mass is 10.1. The Labute approximate surface area is 216 Å². The van der Waals surface area contributed by atoms with Crippen molar-refractivity contribution in [2.24, 2.45) is 0 Å². The monoisotopic (exact) mass is 562 g/mol. The van der Waals surface area contributed by atoms with Gasteiger partial charge >= 0.3 is 0 Å². The molecule has 0 spiro atoms. The van der Waals surface area contributed by atoms with E-state index >= 15 is 0 Å². The zero-order valence-corrected chi connectivity index (χ0v) is 22.9. The molecule has 2 aromatic rings. The molecule has 0 N–H and O–H groups in total. The maximum atomic E-state index is 6.24. The Morgan fingerprint density at radius 1 is 0.636 bits per heavy atom. The van der Waals surface area contributed by atoms with Crippen molar-refractivity contribution in [3.05, 3.63) is 57.2 Å². The highest BCUT2D eigenvalue weighted by atomic mass is 127. The molecule has 0 bridgehead atoms. The standard InChI is InChI=1S/C30H43IO2/c1-3-5-7-9-11-16-22-32-29-25-28(31)30(33-23-17-12-10-8-6-4-2)24-27(29)21-20-26-18-14-13-15-19-26/h13-15,18-21,24-25H,3-12,16-17,22-23H2,1-2H3/b21-20+. The lowest BCUT2D eigenvalue weighted by Crippen LogP contribution is -2.03. The number of benzene rings is 2.